The van der Waals surface area contributed by atoms with Crippen LogP contribution >= 0.6 is 11.3 Å². The minimum absolute atomic E-state index is 0.241. The number of hydrogen-bond donors (Lipinski definition) is 2. The van der Waals surface area contributed by atoms with Crippen LogP contribution < -0.4 is 10.6 Å². The molecule has 1 amide bonds. The zero-order valence-corrected chi connectivity index (χ0v) is 15.8. The molecule has 0 radical (unpaired) electrons. The minimum atomic E-state index is -0.466. The number of halogens is 2. The fraction of sp³-hybridized carbons (Fsp3) is 0. The quantitative estimate of drug-likeness (QED) is 0.421. The fourth-order valence-electron chi connectivity index (χ4n) is 2.74. The van der Waals surface area contributed by atoms with Crippen molar-refractivity contribution in [3.8, 4) is 11.3 Å². The lowest BCUT2D eigenvalue weighted by atomic mass is 10.1. The molecule has 4 rings (SSSR count). The van der Waals surface area contributed by atoms with Crippen molar-refractivity contribution in [1.82, 2.24) is 4.98 Å². The van der Waals surface area contributed by atoms with E-state index in [2.05, 4.69) is 15.6 Å². The SMILES string of the molecule is O=C(Nc1cccc(-c2csc(Nc3cccc(F)c3)n2)c1)c1cccc(F)c1. The topological polar surface area (TPSA) is 54.0 Å². The molecule has 144 valence electrons. The van der Waals surface area contributed by atoms with Gasteiger partial charge in [0.25, 0.3) is 5.91 Å². The number of carbonyl (C=O) groups is 1. The molecule has 0 fully saturated rings. The van der Waals surface area contributed by atoms with E-state index in [-0.39, 0.29) is 11.4 Å². The number of hydrogen-bond acceptors (Lipinski definition) is 4. The third kappa shape index (κ3) is 4.64. The third-order valence-electron chi connectivity index (χ3n) is 4.08. The van der Waals surface area contributed by atoms with Gasteiger partial charge in [0.2, 0.25) is 0 Å². The molecule has 0 saturated carbocycles. The molecular weight excluding hydrogens is 392 g/mol. The van der Waals surface area contributed by atoms with Crippen molar-refractivity contribution in [3.05, 3.63) is 95.4 Å². The predicted molar refractivity (Wildman–Crippen MR) is 112 cm³/mol. The summed E-state index contributed by atoms with van der Waals surface area (Å²) in [4.78, 5) is 16.8. The Balaban J connectivity index is 1.50. The van der Waals surface area contributed by atoms with Gasteiger partial charge in [-0.1, -0.05) is 24.3 Å². The average Bonchev–Trinajstić information content (AvgIpc) is 3.17. The van der Waals surface area contributed by atoms with Crippen molar-refractivity contribution >= 4 is 33.8 Å². The van der Waals surface area contributed by atoms with Crippen molar-refractivity contribution in [2.24, 2.45) is 0 Å². The Bertz CT molecular complexity index is 1180. The zero-order chi connectivity index (χ0) is 20.2. The van der Waals surface area contributed by atoms with Crippen molar-refractivity contribution in [3.63, 3.8) is 0 Å². The predicted octanol–water partition coefficient (Wildman–Crippen LogP) is 6.08. The Morgan fingerprint density at radius 2 is 1.59 bits per heavy atom. The summed E-state index contributed by atoms with van der Waals surface area (Å²) in [5, 5.41) is 8.33. The second-order valence-corrected chi connectivity index (χ2v) is 7.08. The first-order chi connectivity index (χ1) is 14.1. The molecule has 1 aromatic heterocycles. The Morgan fingerprint density at radius 3 is 2.38 bits per heavy atom. The molecule has 2 N–H and O–H groups in total. The summed E-state index contributed by atoms with van der Waals surface area (Å²) >= 11 is 1.39. The van der Waals surface area contributed by atoms with Gasteiger partial charge in [-0.15, -0.1) is 11.3 Å². The minimum Gasteiger partial charge on any atom is -0.331 e. The lowest BCUT2D eigenvalue weighted by Crippen LogP contribution is -2.12. The van der Waals surface area contributed by atoms with Gasteiger partial charge in [0, 0.05) is 27.9 Å². The highest BCUT2D eigenvalue weighted by Crippen LogP contribution is 2.29. The van der Waals surface area contributed by atoms with Gasteiger partial charge in [-0.25, -0.2) is 13.8 Å². The maximum atomic E-state index is 13.3. The molecule has 7 heteroatoms. The number of thiazole rings is 1. The molecule has 0 aliphatic heterocycles. The summed E-state index contributed by atoms with van der Waals surface area (Å²) < 4.78 is 26.6. The molecule has 4 nitrogen and oxygen atoms in total. The van der Waals surface area contributed by atoms with E-state index in [9.17, 15) is 13.6 Å². The molecular formula is C22H15F2N3OS. The standard InChI is InChI=1S/C22H15F2N3OS/c23-16-6-1-5-15(10-16)21(28)25-18-8-2-4-14(11-18)20-13-29-22(27-20)26-19-9-3-7-17(24)12-19/h1-13H,(H,25,28)(H,26,27). The lowest BCUT2D eigenvalue weighted by molar-refractivity contribution is 0.102. The van der Waals surface area contributed by atoms with Gasteiger partial charge >= 0.3 is 0 Å². The van der Waals surface area contributed by atoms with Crippen LogP contribution in [0.1, 0.15) is 10.4 Å². The second-order valence-electron chi connectivity index (χ2n) is 6.22. The summed E-state index contributed by atoms with van der Waals surface area (Å²) in [6.07, 6.45) is 0. The van der Waals surface area contributed by atoms with Crippen LogP contribution in [0.5, 0.6) is 0 Å². The Morgan fingerprint density at radius 1 is 0.862 bits per heavy atom. The van der Waals surface area contributed by atoms with Crippen molar-refractivity contribution in [2.75, 3.05) is 10.6 Å². The summed E-state index contributed by atoms with van der Waals surface area (Å²) in [6.45, 7) is 0. The van der Waals surface area contributed by atoms with E-state index in [1.165, 1.54) is 41.7 Å². The number of anilines is 3. The first-order valence-electron chi connectivity index (χ1n) is 8.72. The van der Waals surface area contributed by atoms with Gasteiger partial charge in [0.1, 0.15) is 11.6 Å². The summed E-state index contributed by atoms with van der Waals surface area (Å²) in [6, 6.07) is 18.9. The van der Waals surface area contributed by atoms with E-state index >= 15 is 0 Å². The Kier molecular flexibility index (Phi) is 5.31. The fourth-order valence-corrected chi connectivity index (χ4v) is 3.48. The van der Waals surface area contributed by atoms with Crippen LogP contribution in [0.15, 0.2) is 78.2 Å². The van der Waals surface area contributed by atoms with E-state index < -0.39 is 11.7 Å². The number of rotatable bonds is 5. The van der Waals surface area contributed by atoms with Gasteiger partial charge in [-0.05, 0) is 48.5 Å². The zero-order valence-electron chi connectivity index (χ0n) is 15.0. The first-order valence-corrected chi connectivity index (χ1v) is 9.60. The summed E-state index contributed by atoms with van der Waals surface area (Å²) in [5.41, 5.74) is 2.96. The third-order valence-corrected chi connectivity index (χ3v) is 4.84. The van der Waals surface area contributed by atoms with E-state index in [1.807, 2.05) is 11.4 Å². The van der Waals surface area contributed by atoms with E-state index in [4.69, 9.17) is 0 Å². The second kappa shape index (κ2) is 8.20. The number of nitrogens with one attached hydrogen (secondary N) is 2. The monoisotopic (exact) mass is 407 g/mol. The highest BCUT2D eigenvalue weighted by Gasteiger charge is 2.10. The Labute approximate surface area is 169 Å². The van der Waals surface area contributed by atoms with Crippen LogP contribution in [0.2, 0.25) is 0 Å². The highest BCUT2D eigenvalue weighted by molar-refractivity contribution is 7.14. The number of nitrogens with zero attached hydrogens (tertiary/aromatic N) is 1. The molecule has 0 unspecified atom stereocenters. The van der Waals surface area contributed by atoms with E-state index in [0.717, 1.165) is 11.3 Å². The number of aromatic nitrogens is 1. The van der Waals surface area contributed by atoms with Crippen molar-refractivity contribution in [1.29, 1.82) is 0 Å². The largest absolute Gasteiger partial charge is 0.331 e. The number of benzene rings is 3. The molecule has 0 atom stereocenters. The normalized spacial score (nSPS) is 10.6. The summed E-state index contributed by atoms with van der Waals surface area (Å²) in [5.74, 6) is -1.19. The first kappa shape index (κ1) is 18.8. The molecule has 0 saturated heterocycles. The van der Waals surface area contributed by atoms with E-state index in [0.29, 0.717) is 16.5 Å². The lowest BCUT2D eigenvalue weighted by Gasteiger charge is -2.07. The summed E-state index contributed by atoms with van der Waals surface area (Å²) in [7, 11) is 0. The van der Waals surface area contributed by atoms with Gasteiger partial charge in [0.05, 0.1) is 5.69 Å². The molecule has 0 aliphatic rings. The van der Waals surface area contributed by atoms with Crippen LogP contribution in [0.25, 0.3) is 11.3 Å². The van der Waals surface area contributed by atoms with Crippen LogP contribution in [0, 0.1) is 11.6 Å². The number of carbonyl (C=O) groups excluding carboxylic acids is 1. The molecule has 3 aromatic carbocycles. The molecule has 29 heavy (non-hydrogen) atoms. The maximum absolute atomic E-state index is 13.3. The maximum Gasteiger partial charge on any atom is 0.255 e. The van der Waals surface area contributed by atoms with Gasteiger partial charge in [-0.3, -0.25) is 4.79 Å². The molecule has 0 aliphatic carbocycles. The van der Waals surface area contributed by atoms with Crippen LogP contribution in [0.3, 0.4) is 0 Å². The van der Waals surface area contributed by atoms with Crippen molar-refractivity contribution in [2.45, 2.75) is 0 Å². The average molecular weight is 407 g/mol. The van der Waals surface area contributed by atoms with Gasteiger partial charge in [-0.2, -0.15) is 0 Å². The van der Waals surface area contributed by atoms with E-state index in [1.54, 1.807) is 36.4 Å². The highest BCUT2D eigenvalue weighted by atomic mass is 32.1. The molecule has 4 aromatic rings. The van der Waals surface area contributed by atoms with Crippen molar-refractivity contribution < 1.29 is 13.6 Å². The molecule has 0 spiro atoms. The smallest absolute Gasteiger partial charge is 0.255 e. The molecule has 1 heterocycles. The van der Waals surface area contributed by atoms with Crippen LogP contribution in [0.4, 0.5) is 25.3 Å². The van der Waals surface area contributed by atoms with Crippen LogP contribution in [-0.4, -0.2) is 10.9 Å². The van der Waals surface area contributed by atoms with Crippen LogP contribution in [-0.2, 0) is 0 Å². The Hall–Kier alpha value is -3.58. The van der Waals surface area contributed by atoms with Gasteiger partial charge in [0.15, 0.2) is 5.13 Å². The number of amides is 1. The molecule has 0 bridgehead atoms. The van der Waals surface area contributed by atoms with Gasteiger partial charge < -0.3 is 10.6 Å².